The minimum absolute atomic E-state index is 0.300. The lowest BCUT2D eigenvalue weighted by atomic mass is 10.2. The number of anilines is 1. The summed E-state index contributed by atoms with van der Waals surface area (Å²) < 4.78 is 13.0. The lowest BCUT2D eigenvalue weighted by Gasteiger charge is -2.10. The third-order valence-corrected chi connectivity index (χ3v) is 5.10. The van der Waals surface area contributed by atoms with Crippen LogP contribution in [-0.4, -0.2) is 6.79 Å². The molecule has 0 saturated carbocycles. The Morgan fingerprint density at radius 3 is 2.70 bits per heavy atom. The number of rotatable bonds is 3. The van der Waals surface area contributed by atoms with E-state index in [0.717, 1.165) is 33.8 Å². The van der Waals surface area contributed by atoms with Crippen molar-refractivity contribution in [2.75, 3.05) is 12.1 Å². The van der Waals surface area contributed by atoms with Gasteiger partial charge in [0.2, 0.25) is 6.79 Å². The van der Waals surface area contributed by atoms with E-state index in [1.165, 1.54) is 9.13 Å². The minimum Gasteiger partial charge on any atom is -0.454 e. The first-order chi connectivity index (χ1) is 9.63. The zero-order valence-electron chi connectivity index (χ0n) is 10.9. The molecule has 0 spiro atoms. The first kappa shape index (κ1) is 14.0. The summed E-state index contributed by atoms with van der Waals surface area (Å²) in [4.78, 5) is 0. The maximum absolute atomic E-state index is 5.41. The fourth-order valence-corrected chi connectivity index (χ4v) is 2.97. The minimum atomic E-state index is 0.300. The molecule has 3 rings (SSSR count). The Bertz CT molecular complexity index is 661. The Labute approximate surface area is 139 Å². The van der Waals surface area contributed by atoms with Crippen LogP contribution >= 0.6 is 38.5 Å². The number of nitrogens with one attached hydrogen (secondary N) is 1. The van der Waals surface area contributed by atoms with Crippen LogP contribution in [0, 0.1) is 10.5 Å². The monoisotopic (exact) mass is 445 g/mol. The lowest BCUT2D eigenvalue weighted by Crippen LogP contribution is -2.01. The van der Waals surface area contributed by atoms with Crippen molar-refractivity contribution in [3.8, 4) is 11.5 Å². The molecule has 0 atom stereocenters. The molecule has 1 aliphatic rings. The summed E-state index contributed by atoms with van der Waals surface area (Å²) in [5, 5.41) is 3.43. The summed E-state index contributed by atoms with van der Waals surface area (Å²) in [6, 6.07) is 10.3. The highest BCUT2D eigenvalue weighted by Gasteiger charge is 2.16. The molecule has 0 aliphatic carbocycles. The van der Waals surface area contributed by atoms with Gasteiger partial charge in [0.15, 0.2) is 11.5 Å². The van der Waals surface area contributed by atoms with Crippen molar-refractivity contribution < 1.29 is 9.47 Å². The molecule has 1 N–H and O–H groups in total. The summed E-state index contributed by atoms with van der Waals surface area (Å²) in [6.45, 7) is 3.14. The number of hydrogen-bond acceptors (Lipinski definition) is 3. The number of ether oxygens (including phenoxy) is 2. The third-order valence-electron chi connectivity index (χ3n) is 3.20. The molecule has 0 radical (unpaired) electrons. The van der Waals surface area contributed by atoms with Crippen LogP contribution in [0.5, 0.6) is 11.5 Å². The van der Waals surface area contributed by atoms with E-state index in [1.54, 1.807) is 0 Å². The summed E-state index contributed by atoms with van der Waals surface area (Å²) in [7, 11) is 0. The Morgan fingerprint density at radius 2 is 1.95 bits per heavy atom. The predicted octanol–water partition coefficient (Wildman–Crippen LogP) is 4.70. The molecule has 3 nitrogen and oxygen atoms in total. The number of benzene rings is 2. The Hall–Kier alpha value is -0.950. The molecular weight excluding hydrogens is 433 g/mol. The summed E-state index contributed by atoms with van der Waals surface area (Å²) in [5.74, 6) is 1.61. The smallest absolute Gasteiger partial charge is 0.231 e. The topological polar surface area (TPSA) is 30.5 Å². The second kappa shape index (κ2) is 5.81. The van der Waals surface area contributed by atoms with E-state index < -0.39 is 0 Å². The average Bonchev–Trinajstić information content (AvgIpc) is 2.87. The average molecular weight is 446 g/mol. The first-order valence-corrected chi connectivity index (χ1v) is 8.09. The molecule has 0 fully saturated rings. The van der Waals surface area contributed by atoms with Gasteiger partial charge in [-0.15, -0.1) is 0 Å². The van der Waals surface area contributed by atoms with Gasteiger partial charge in [0.1, 0.15) is 0 Å². The van der Waals surface area contributed by atoms with Crippen molar-refractivity contribution in [3.63, 3.8) is 0 Å². The SMILES string of the molecule is Cc1ccc(NCc2cc3c(cc2Br)OCO3)cc1I. The molecule has 5 heteroatoms. The Kier molecular flexibility index (Phi) is 4.07. The van der Waals surface area contributed by atoms with Gasteiger partial charge < -0.3 is 14.8 Å². The maximum atomic E-state index is 5.41. The zero-order valence-corrected chi connectivity index (χ0v) is 14.6. The first-order valence-electron chi connectivity index (χ1n) is 6.21. The van der Waals surface area contributed by atoms with Crippen LogP contribution < -0.4 is 14.8 Å². The van der Waals surface area contributed by atoms with Gasteiger partial charge in [0.05, 0.1) is 0 Å². The van der Waals surface area contributed by atoms with Crippen molar-refractivity contribution in [1.82, 2.24) is 0 Å². The number of halogens is 2. The standard InChI is InChI=1S/C15H13BrINO2/c1-9-2-3-11(5-13(9)17)18-7-10-4-14-15(6-12(10)16)20-8-19-14/h2-6,18H,7-8H2,1H3. The second-order valence-electron chi connectivity index (χ2n) is 4.61. The van der Waals surface area contributed by atoms with Gasteiger partial charge >= 0.3 is 0 Å². The van der Waals surface area contributed by atoms with Crippen LogP contribution in [-0.2, 0) is 6.54 Å². The highest BCUT2D eigenvalue weighted by atomic mass is 127. The van der Waals surface area contributed by atoms with Gasteiger partial charge in [-0.25, -0.2) is 0 Å². The second-order valence-corrected chi connectivity index (χ2v) is 6.63. The molecule has 1 aliphatic heterocycles. The van der Waals surface area contributed by atoms with Gasteiger partial charge in [-0.3, -0.25) is 0 Å². The van der Waals surface area contributed by atoms with Gasteiger partial charge in [-0.1, -0.05) is 22.0 Å². The zero-order chi connectivity index (χ0) is 14.1. The van der Waals surface area contributed by atoms with E-state index >= 15 is 0 Å². The molecule has 2 aromatic rings. The van der Waals surface area contributed by atoms with Crippen LogP contribution in [0.2, 0.25) is 0 Å². The fraction of sp³-hybridized carbons (Fsp3) is 0.200. The molecule has 104 valence electrons. The number of fused-ring (bicyclic) bond motifs is 1. The van der Waals surface area contributed by atoms with E-state index in [-0.39, 0.29) is 0 Å². The summed E-state index contributed by atoms with van der Waals surface area (Å²) in [6.07, 6.45) is 0. The Morgan fingerprint density at radius 1 is 1.20 bits per heavy atom. The van der Waals surface area contributed by atoms with Crippen LogP contribution in [0.3, 0.4) is 0 Å². The van der Waals surface area contributed by atoms with Gasteiger partial charge in [0.25, 0.3) is 0 Å². The highest BCUT2D eigenvalue weighted by Crippen LogP contribution is 2.37. The van der Waals surface area contributed by atoms with E-state index in [9.17, 15) is 0 Å². The quantitative estimate of drug-likeness (QED) is 0.694. The molecule has 0 saturated heterocycles. The van der Waals surface area contributed by atoms with Crippen molar-refractivity contribution in [1.29, 1.82) is 0 Å². The molecule has 2 aromatic carbocycles. The van der Waals surface area contributed by atoms with Crippen molar-refractivity contribution >= 4 is 44.2 Å². The van der Waals surface area contributed by atoms with Crippen LogP contribution in [0.25, 0.3) is 0 Å². The predicted molar refractivity (Wildman–Crippen MR) is 91.5 cm³/mol. The van der Waals surface area contributed by atoms with Crippen LogP contribution in [0.15, 0.2) is 34.8 Å². The van der Waals surface area contributed by atoms with Gasteiger partial charge in [-0.05, 0) is 64.9 Å². The molecule has 20 heavy (non-hydrogen) atoms. The number of hydrogen-bond donors (Lipinski definition) is 1. The molecule has 1 heterocycles. The van der Waals surface area contributed by atoms with Crippen molar-refractivity contribution in [2.24, 2.45) is 0 Å². The van der Waals surface area contributed by atoms with E-state index in [2.05, 4.69) is 69.0 Å². The molecule has 0 unspecified atom stereocenters. The highest BCUT2D eigenvalue weighted by molar-refractivity contribution is 14.1. The Balaban J connectivity index is 1.76. The van der Waals surface area contributed by atoms with Crippen molar-refractivity contribution in [2.45, 2.75) is 13.5 Å². The molecule has 0 aromatic heterocycles. The van der Waals surface area contributed by atoms with E-state index in [0.29, 0.717) is 6.79 Å². The summed E-state index contributed by atoms with van der Waals surface area (Å²) in [5.41, 5.74) is 3.55. The fourth-order valence-electron chi connectivity index (χ4n) is 1.99. The van der Waals surface area contributed by atoms with Gasteiger partial charge in [0, 0.05) is 20.3 Å². The maximum Gasteiger partial charge on any atom is 0.231 e. The molecular formula is C15H13BrINO2. The lowest BCUT2D eigenvalue weighted by molar-refractivity contribution is 0.174. The number of aryl methyl sites for hydroxylation is 1. The normalized spacial score (nSPS) is 12.6. The van der Waals surface area contributed by atoms with Gasteiger partial charge in [-0.2, -0.15) is 0 Å². The third kappa shape index (κ3) is 2.88. The molecule has 0 amide bonds. The van der Waals surface area contributed by atoms with E-state index in [1.807, 2.05) is 12.1 Å². The molecule has 0 bridgehead atoms. The summed E-state index contributed by atoms with van der Waals surface area (Å²) >= 11 is 5.92. The largest absolute Gasteiger partial charge is 0.454 e. The van der Waals surface area contributed by atoms with E-state index in [4.69, 9.17) is 9.47 Å². The van der Waals surface area contributed by atoms with Crippen LogP contribution in [0.4, 0.5) is 5.69 Å². The van der Waals surface area contributed by atoms with Crippen LogP contribution in [0.1, 0.15) is 11.1 Å². The van der Waals surface area contributed by atoms with Crippen molar-refractivity contribution in [3.05, 3.63) is 49.5 Å².